The molecule has 0 spiro atoms. The fraction of sp³-hybridized carbons (Fsp3) is 0.267. The van der Waals surface area contributed by atoms with Gasteiger partial charge in [0, 0.05) is 6.42 Å². The maximum Gasteiger partial charge on any atom is 0.220 e. The van der Waals surface area contributed by atoms with Crippen LogP contribution in [0.2, 0.25) is 0 Å². The van der Waals surface area contributed by atoms with Crippen LogP contribution in [0, 0.1) is 12.7 Å². The minimum absolute atomic E-state index is 0.0179. The number of Topliss-reactive ketones (excluding diaryl/α,β-unsaturated/α-hetero) is 1. The number of carbonyl (C=O) groups is 1. The van der Waals surface area contributed by atoms with Crippen LogP contribution in [0.1, 0.15) is 39.6 Å². The second-order valence-electron chi connectivity index (χ2n) is 5.07. The number of fused-ring (bicyclic) bond motifs is 1. The molecule has 0 saturated carbocycles. The molecule has 4 nitrogen and oxygen atoms in total. The van der Waals surface area contributed by atoms with Crippen molar-refractivity contribution < 1.29 is 9.18 Å². The van der Waals surface area contributed by atoms with Gasteiger partial charge in [0.15, 0.2) is 5.78 Å². The summed E-state index contributed by atoms with van der Waals surface area (Å²) in [6, 6.07) is 6.26. The number of aromatic nitrogens is 2. The van der Waals surface area contributed by atoms with Gasteiger partial charge in [-0.05, 0) is 37.0 Å². The molecule has 1 aliphatic carbocycles. The molecule has 2 aromatic rings. The molecule has 3 rings (SSSR count). The first-order chi connectivity index (χ1) is 9.54. The van der Waals surface area contributed by atoms with Crippen LogP contribution in [0.15, 0.2) is 24.3 Å². The smallest absolute Gasteiger partial charge is 0.220 e. The topological polar surface area (TPSA) is 68.9 Å². The lowest BCUT2D eigenvalue weighted by molar-refractivity contribution is 0.0962. The Labute approximate surface area is 115 Å². The number of carbonyl (C=O) groups excluding carboxylic acids is 1. The average molecular weight is 271 g/mol. The fourth-order valence-electron chi connectivity index (χ4n) is 2.77. The SMILES string of the molecule is Cc1nc(N)nc2c1C(=O)CC(c1ccc(F)cc1)C2. The van der Waals surface area contributed by atoms with Gasteiger partial charge in [-0.15, -0.1) is 0 Å². The lowest BCUT2D eigenvalue weighted by Crippen LogP contribution is -2.22. The molecule has 20 heavy (non-hydrogen) atoms. The van der Waals surface area contributed by atoms with Crippen LogP contribution in [-0.4, -0.2) is 15.8 Å². The van der Waals surface area contributed by atoms with Crippen molar-refractivity contribution in [3.05, 3.63) is 52.6 Å². The van der Waals surface area contributed by atoms with Crippen LogP contribution in [0.3, 0.4) is 0 Å². The van der Waals surface area contributed by atoms with E-state index in [1.807, 2.05) is 0 Å². The normalized spacial score (nSPS) is 17.9. The second-order valence-corrected chi connectivity index (χ2v) is 5.07. The molecule has 102 valence electrons. The standard InChI is InChI=1S/C15H14FN3O/c1-8-14-12(19-15(17)18-8)6-10(7-13(14)20)9-2-4-11(16)5-3-9/h2-5,10H,6-7H2,1H3,(H2,17,18,19). The van der Waals surface area contributed by atoms with Gasteiger partial charge < -0.3 is 5.73 Å². The lowest BCUT2D eigenvalue weighted by Gasteiger charge is -2.24. The maximum absolute atomic E-state index is 13.0. The van der Waals surface area contributed by atoms with E-state index in [0.29, 0.717) is 29.8 Å². The zero-order valence-corrected chi connectivity index (χ0v) is 11.1. The van der Waals surface area contributed by atoms with Crippen molar-refractivity contribution in [2.45, 2.75) is 25.7 Å². The molecule has 5 heteroatoms. The number of halogens is 1. The van der Waals surface area contributed by atoms with Gasteiger partial charge in [0.25, 0.3) is 0 Å². The van der Waals surface area contributed by atoms with Crippen molar-refractivity contribution in [1.82, 2.24) is 9.97 Å². The molecule has 1 atom stereocenters. The number of rotatable bonds is 1. The van der Waals surface area contributed by atoms with Gasteiger partial charge in [0.1, 0.15) is 5.82 Å². The monoisotopic (exact) mass is 271 g/mol. The summed E-state index contributed by atoms with van der Waals surface area (Å²) >= 11 is 0. The number of aryl methyl sites for hydroxylation is 1. The van der Waals surface area contributed by atoms with Crippen LogP contribution < -0.4 is 5.73 Å². The number of nitrogens with two attached hydrogens (primary N) is 1. The average Bonchev–Trinajstić information content (AvgIpc) is 2.38. The Hall–Kier alpha value is -2.30. The highest BCUT2D eigenvalue weighted by atomic mass is 19.1. The summed E-state index contributed by atoms with van der Waals surface area (Å²) in [5.74, 6) is -0.0464. The number of nitrogen functional groups attached to an aromatic ring is 1. The highest BCUT2D eigenvalue weighted by molar-refractivity contribution is 5.99. The fourth-order valence-corrected chi connectivity index (χ4v) is 2.77. The Balaban J connectivity index is 2.00. The summed E-state index contributed by atoms with van der Waals surface area (Å²) < 4.78 is 13.0. The van der Waals surface area contributed by atoms with E-state index < -0.39 is 0 Å². The van der Waals surface area contributed by atoms with E-state index in [1.165, 1.54) is 12.1 Å². The summed E-state index contributed by atoms with van der Waals surface area (Å²) in [5.41, 5.74) is 8.52. The van der Waals surface area contributed by atoms with Crippen LogP contribution in [0.25, 0.3) is 0 Å². The van der Waals surface area contributed by atoms with Gasteiger partial charge in [-0.1, -0.05) is 12.1 Å². The molecule has 0 fully saturated rings. The molecule has 1 aliphatic rings. The summed E-state index contributed by atoms with van der Waals surface area (Å²) in [6.07, 6.45) is 1.02. The molecule has 0 amide bonds. The van der Waals surface area contributed by atoms with Gasteiger partial charge in [-0.25, -0.2) is 14.4 Å². The van der Waals surface area contributed by atoms with E-state index in [1.54, 1.807) is 19.1 Å². The first-order valence-electron chi connectivity index (χ1n) is 6.46. The highest BCUT2D eigenvalue weighted by Crippen LogP contribution is 2.33. The molecule has 0 aliphatic heterocycles. The van der Waals surface area contributed by atoms with Crippen molar-refractivity contribution in [3.63, 3.8) is 0 Å². The third kappa shape index (κ3) is 2.15. The zero-order valence-electron chi connectivity index (χ0n) is 11.1. The van der Waals surface area contributed by atoms with E-state index >= 15 is 0 Å². The van der Waals surface area contributed by atoms with Crippen molar-refractivity contribution in [2.24, 2.45) is 0 Å². The van der Waals surface area contributed by atoms with Crippen LogP contribution >= 0.6 is 0 Å². The van der Waals surface area contributed by atoms with Crippen LogP contribution in [0.5, 0.6) is 0 Å². The highest BCUT2D eigenvalue weighted by Gasteiger charge is 2.29. The number of benzene rings is 1. The Bertz CT molecular complexity index is 682. The molecule has 1 unspecified atom stereocenters. The lowest BCUT2D eigenvalue weighted by atomic mass is 9.81. The molecule has 0 bridgehead atoms. The molecule has 0 radical (unpaired) electrons. The van der Waals surface area contributed by atoms with E-state index in [9.17, 15) is 9.18 Å². The maximum atomic E-state index is 13.0. The van der Waals surface area contributed by atoms with E-state index in [4.69, 9.17) is 5.73 Å². The van der Waals surface area contributed by atoms with Crippen LogP contribution in [-0.2, 0) is 6.42 Å². The molecule has 0 saturated heterocycles. The summed E-state index contributed by atoms with van der Waals surface area (Å²) in [4.78, 5) is 20.5. The Kier molecular flexibility index (Phi) is 2.97. The molecule has 1 aromatic carbocycles. The predicted octanol–water partition coefficient (Wildman–Crippen LogP) is 2.42. The van der Waals surface area contributed by atoms with Gasteiger partial charge in [0.2, 0.25) is 5.95 Å². The van der Waals surface area contributed by atoms with Gasteiger partial charge >= 0.3 is 0 Å². The Morgan fingerprint density at radius 3 is 2.60 bits per heavy atom. The van der Waals surface area contributed by atoms with Gasteiger partial charge in [-0.3, -0.25) is 4.79 Å². The first-order valence-corrected chi connectivity index (χ1v) is 6.46. The number of nitrogens with zero attached hydrogens (tertiary/aromatic N) is 2. The molecule has 1 aromatic heterocycles. The molecular formula is C15H14FN3O. The van der Waals surface area contributed by atoms with E-state index in [0.717, 1.165) is 5.56 Å². The number of hydrogen-bond acceptors (Lipinski definition) is 4. The van der Waals surface area contributed by atoms with Crippen LogP contribution in [0.4, 0.5) is 10.3 Å². The largest absolute Gasteiger partial charge is 0.368 e. The van der Waals surface area contributed by atoms with Gasteiger partial charge in [0.05, 0.1) is 17.0 Å². The van der Waals surface area contributed by atoms with Crippen molar-refractivity contribution in [2.75, 3.05) is 5.73 Å². The van der Waals surface area contributed by atoms with Crippen molar-refractivity contribution >= 4 is 11.7 Å². The molecular weight excluding hydrogens is 257 g/mol. The first kappa shape index (κ1) is 12.7. The zero-order chi connectivity index (χ0) is 14.3. The van der Waals surface area contributed by atoms with Crippen molar-refractivity contribution in [3.8, 4) is 0 Å². The van der Waals surface area contributed by atoms with E-state index in [-0.39, 0.29) is 23.5 Å². The van der Waals surface area contributed by atoms with Crippen molar-refractivity contribution in [1.29, 1.82) is 0 Å². The second kappa shape index (κ2) is 4.67. The Morgan fingerprint density at radius 1 is 1.20 bits per heavy atom. The summed E-state index contributed by atoms with van der Waals surface area (Å²) in [5, 5.41) is 0. The minimum atomic E-state index is -0.279. The third-order valence-corrected chi connectivity index (χ3v) is 3.67. The minimum Gasteiger partial charge on any atom is -0.368 e. The molecule has 1 heterocycles. The summed E-state index contributed by atoms with van der Waals surface area (Å²) in [6.45, 7) is 1.77. The summed E-state index contributed by atoms with van der Waals surface area (Å²) in [7, 11) is 0. The predicted molar refractivity (Wildman–Crippen MR) is 73.0 cm³/mol. The number of anilines is 1. The Morgan fingerprint density at radius 2 is 1.90 bits per heavy atom. The number of ketones is 1. The van der Waals surface area contributed by atoms with Gasteiger partial charge in [-0.2, -0.15) is 0 Å². The molecule has 2 N–H and O–H groups in total. The van der Waals surface area contributed by atoms with E-state index in [2.05, 4.69) is 9.97 Å². The number of hydrogen-bond donors (Lipinski definition) is 1. The quantitative estimate of drug-likeness (QED) is 0.864. The third-order valence-electron chi connectivity index (χ3n) is 3.67.